The number of sulfonamides is 1. The van der Waals surface area contributed by atoms with Crippen LogP contribution in [-0.2, 0) is 23.1 Å². The molecular weight excluding hydrogens is 282 g/mol. The lowest BCUT2D eigenvalue weighted by molar-refractivity contribution is 0.463. The van der Waals surface area contributed by atoms with Crippen LogP contribution >= 0.6 is 0 Å². The zero-order chi connectivity index (χ0) is 14.9. The van der Waals surface area contributed by atoms with Crippen LogP contribution in [0.5, 0.6) is 0 Å². The Morgan fingerprint density at radius 2 is 2.15 bits per heavy atom. The van der Waals surface area contributed by atoms with Gasteiger partial charge in [0.25, 0.3) is 0 Å². The fourth-order valence-corrected chi connectivity index (χ4v) is 2.68. The molecule has 0 saturated carbocycles. The highest BCUT2D eigenvalue weighted by molar-refractivity contribution is 7.89. The topological polar surface area (TPSA) is 116 Å². The summed E-state index contributed by atoms with van der Waals surface area (Å²) in [5, 5.41) is 3.90. The van der Waals surface area contributed by atoms with E-state index >= 15 is 0 Å². The SMILES string of the molecule is CCn1cc(S(=O)(=O)NCc2nc(C)c(C)o2)c(N)n1. The number of aryl methyl sites for hydroxylation is 3. The van der Waals surface area contributed by atoms with E-state index in [0.717, 1.165) is 5.69 Å². The summed E-state index contributed by atoms with van der Waals surface area (Å²) >= 11 is 0. The van der Waals surface area contributed by atoms with E-state index in [9.17, 15) is 8.42 Å². The minimum atomic E-state index is -3.74. The van der Waals surface area contributed by atoms with Gasteiger partial charge in [-0.3, -0.25) is 4.68 Å². The van der Waals surface area contributed by atoms with Crippen molar-refractivity contribution in [1.29, 1.82) is 0 Å². The van der Waals surface area contributed by atoms with Gasteiger partial charge in [-0.15, -0.1) is 0 Å². The van der Waals surface area contributed by atoms with Crippen LogP contribution in [0.3, 0.4) is 0 Å². The molecule has 0 amide bonds. The van der Waals surface area contributed by atoms with Crippen LogP contribution in [0.25, 0.3) is 0 Å². The summed E-state index contributed by atoms with van der Waals surface area (Å²) in [5.74, 6) is 0.946. The first-order valence-electron chi connectivity index (χ1n) is 6.09. The summed E-state index contributed by atoms with van der Waals surface area (Å²) in [5.41, 5.74) is 6.34. The van der Waals surface area contributed by atoms with Crippen molar-refractivity contribution < 1.29 is 12.8 Å². The number of oxazole rings is 1. The monoisotopic (exact) mass is 299 g/mol. The zero-order valence-corrected chi connectivity index (χ0v) is 12.4. The summed E-state index contributed by atoms with van der Waals surface area (Å²) in [6, 6.07) is 0. The Morgan fingerprint density at radius 3 is 2.65 bits per heavy atom. The molecule has 110 valence electrons. The largest absolute Gasteiger partial charge is 0.444 e. The molecule has 0 bridgehead atoms. The molecule has 8 nitrogen and oxygen atoms in total. The lowest BCUT2D eigenvalue weighted by Gasteiger charge is -2.02. The van der Waals surface area contributed by atoms with Crippen molar-refractivity contribution in [3.8, 4) is 0 Å². The highest BCUT2D eigenvalue weighted by Gasteiger charge is 2.21. The van der Waals surface area contributed by atoms with Gasteiger partial charge in [0.1, 0.15) is 10.7 Å². The lowest BCUT2D eigenvalue weighted by Crippen LogP contribution is -2.23. The van der Waals surface area contributed by atoms with E-state index in [1.807, 2.05) is 6.92 Å². The van der Waals surface area contributed by atoms with Gasteiger partial charge >= 0.3 is 0 Å². The minimum absolute atomic E-state index is 0.0286. The molecule has 0 aromatic carbocycles. The summed E-state index contributed by atoms with van der Waals surface area (Å²) < 4.78 is 33.4. The molecule has 0 aliphatic heterocycles. The third-order valence-corrected chi connectivity index (χ3v) is 4.27. The van der Waals surface area contributed by atoms with Crippen molar-refractivity contribution in [1.82, 2.24) is 19.5 Å². The van der Waals surface area contributed by atoms with Gasteiger partial charge in [-0.05, 0) is 20.8 Å². The summed E-state index contributed by atoms with van der Waals surface area (Å²) in [6.07, 6.45) is 1.39. The first-order chi connectivity index (χ1) is 9.33. The van der Waals surface area contributed by atoms with Crippen molar-refractivity contribution in [2.45, 2.75) is 38.8 Å². The highest BCUT2D eigenvalue weighted by Crippen LogP contribution is 2.16. The predicted octanol–water partition coefficient (Wildman–Crippen LogP) is 0.569. The number of hydrogen-bond acceptors (Lipinski definition) is 6. The molecule has 0 radical (unpaired) electrons. The Hall–Kier alpha value is -1.87. The number of nitrogens with one attached hydrogen (secondary N) is 1. The molecule has 3 N–H and O–H groups in total. The van der Waals surface area contributed by atoms with Gasteiger partial charge in [-0.2, -0.15) is 5.10 Å². The normalized spacial score (nSPS) is 11.9. The molecule has 2 aromatic heterocycles. The molecule has 0 aliphatic rings. The third kappa shape index (κ3) is 2.83. The Bertz CT molecular complexity index is 697. The van der Waals surface area contributed by atoms with Crippen molar-refractivity contribution >= 4 is 15.8 Å². The first kappa shape index (κ1) is 14.5. The minimum Gasteiger partial charge on any atom is -0.444 e. The lowest BCUT2D eigenvalue weighted by atomic mass is 10.4. The number of rotatable bonds is 5. The van der Waals surface area contributed by atoms with Crippen LogP contribution in [0.1, 0.15) is 24.3 Å². The van der Waals surface area contributed by atoms with Gasteiger partial charge in [0.05, 0.1) is 12.2 Å². The van der Waals surface area contributed by atoms with E-state index < -0.39 is 10.0 Å². The number of hydrogen-bond donors (Lipinski definition) is 2. The van der Waals surface area contributed by atoms with Crippen LogP contribution in [0.15, 0.2) is 15.5 Å². The van der Waals surface area contributed by atoms with Gasteiger partial charge in [0.2, 0.25) is 15.9 Å². The fraction of sp³-hybridized carbons (Fsp3) is 0.455. The third-order valence-electron chi connectivity index (χ3n) is 2.85. The Morgan fingerprint density at radius 1 is 1.45 bits per heavy atom. The predicted molar refractivity (Wildman–Crippen MR) is 72.3 cm³/mol. The average molecular weight is 299 g/mol. The van der Waals surface area contributed by atoms with Crippen LogP contribution in [0.2, 0.25) is 0 Å². The van der Waals surface area contributed by atoms with Crippen LogP contribution in [0, 0.1) is 13.8 Å². The van der Waals surface area contributed by atoms with Gasteiger partial charge < -0.3 is 10.2 Å². The highest BCUT2D eigenvalue weighted by atomic mass is 32.2. The maximum Gasteiger partial charge on any atom is 0.246 e. The van der Waals surface area contributed by atoms with Crippen molar-refractivity contribution in [3.63, 3.8) is 0 Å². The van der Waals surface area contributed by atoms with Crippen LogP contribution in [0.4, 0.5) is 5.82 Å². The smallest absolute Gasteiger partial charge is 0.246 e. The van der Waals surface area contributed by atoms with Gasteiger partial charge in [0, 0.05) is 12.7 Å². The quantitative estimate of drug-likeness (QED) is 0.833. The molecule has 9 heteroatoms. The Balaban J connectivity index is 2.16. The van der Waals surface area contributed by atoms with Gasteiger partial charge in [0.15, 0.2) is 5.82 Å². The number of nitrogen functional groups attached to an aromatic ring is 1. The molecule has 0 fully saturated rings. The van der Waals surface area contributed by atoms with E-state index in [1.54, 1.807) is 13.8 Å². The second-order valence-electron chi connectivity index (χ2n) is 4.31. The second kappa shape index (κ2) is 5.25. The molecule has 2 aromatic rings. The van der Waals surface area contributed by atoms with Crippen LogP contribution < -0.4 is 10.5 Å². The molecule has 2 heterocycles. The van der Waals surface area contributed by atoms with Gasteiger partial charge in [-0.25, -0.2) is 18.1 Å². The van der Waals surface area contributed by atoms with E-state index in [4.69, 9.17) is 10.2 Å². The average Bonchev–Trinajstić information content (AvgIpc) is 2.91. The van der Waals surface area contributed by atoms with Crippen molar-refractivity contribution in [3.05, 3.63) is 23.5 Å². The maximum atomic E-state index is 12.1. The van der Waals surface area contributed by atoms with E-state index in [-0.39, 0.29) is 17.3 Å². The standard InChI is InChI=1S/C11H17N5O3S/c1-4-16-6-9(11(12)15-16)20(17,18)13-5-10-14-7(2)8(3)19-10/h6,13H,4-5H2,1-3H3,(H2,12,15). The molecular formula is C11H17N5O3S. The van der Waals surface area contributed by atoms with Crippen molar-refractivity contribution in [2.24, 2.45) is 0 Å². The van der Waals surface area contributed by atoms with Crippen molar-refractivity contribution in [2.75, 3.05) is 5.73 Å². The number of nitrogens with two attached hydrogens (primary N) is 1. The van der Waals surface area contributed by atoms with E-state index in [1.165, 1.54) is 10.9 Å². The van der Waals surface area contributed by atoms with E-state index in [0.29, 0.717) is 18.2 Å². The number of anilines is 1. The fourth-order valence-electron chi connectivity index (χ4n) is 1.64. The molecule has 0 atom stereocenters. The summed E-state index contributed by atoms with van der Waals surface area (Å²) in [4.78, 5) is 4.06. The first-order valence-corrected chi connectivity index (χ1v) is 7.57. The maximum absolute atomic E-state index is 12.1. The summed E-state index contributed by atoms with van der Waals surface area (Å²) in [6.45, 7) is 5.91. The van der Waals surface area contributed by atoms with Crippen LogP contribution in [-0.4, -0.2) is 23.2 Å². The zero-order valence-electron chi connectivity index (χ0n) is 11.5. The summed E-state index contributed by atoms with van der Waals surface area (Å²) in [7, 11) is -3.74. The van der Waals surface area contributed by atoms with E-state index in [2.05, 4.69) is 14.8 Å². The molecule has 20 heavy (non-hydrogen) atoms. The number of aromatic nitrogens is 3. The molecule has 0 aliphatic carbocycles. The second-order valence-corrected chi connectivity index (χ2v) is 6.04. The Labute approximate surface area is 117 Å². The Kier molecular flexibility index (Phi) is 3.82. The number of nitrogens with zero attached hydrogens (tertiary/aromatic N) is 3. The molecule has 0 saturated heterocycles. The molecule has 0 spiro atoms. The van der Waals surface area contributed by atoms with Gasteiger partial charge in [-0.1, -0.05) is 0 Å². The molecule has 2 rings (SSSR count). The molecule has 0 unspecified atom stereocenters.